The number of hydrogen-bond donors (Lipinski definition) is 0. The lowest BCUT2D eigenvalue weighted by Gasteiger charge is -2.31. The van der Waals surface area contributed by atoms with Gasteiger partial charge in [0.25, 0.3) is 0 Å². The summed E-state index contributed by atoms with van der Waals surface area (Å²) in [6, 6.07) is 6.09. The van der Waals surface area contributed by atoms with E-state index in [1.54, 1.807) is 0 Å². The summed E-state index contributed by atoms with van der Waals surface area (Å²) in [7, 11) is 0. The van der Waals surface area contributed by atoms with E-state index in [1.807, 2.05) is 37.1 Å². The molecule has 0 amide bonds. The van der Waals surface area contributed by atoms with Crippen LogP contribution < -0.4 is 9.47 Å². The van der Waals surface area contributed by atoms with Gasteiger partial charge in [-0.15, -0.1) is 11.8 Å². The Labute approximate surface area is 127 Å². The minimum Gasteiger partial charge on any atom is -0.490 e. The minimum atomic E-state index is 0.218. The Bertz CT molecular complexity index is 764. The summed E-state index contributed by atoms with van der Waals surface area (Å²) in [4.78, 5) is 5.75. The van der Waals surface area contributed by atoms with Gasteiger partial charge in [0.15, 0.2) is 11.5 Å². The number of para-hydroxylation sites is 1. The third-order valence-electron chi connectivity index (χ3n) is 3.97. The van der Waals surface area contributed by atoms with Crippen LogP contribution >= 0.6 is 11.8 Å². The van der Waals surface area contributed by atoms with Crippen LogP contribution in [0, 0.1) is 0 Å². The van der Waals surface area contributed by atoms with Gasteiger partial charge in [-0.05, 0) is 26.8 Å². The molecule has 0 aliphatic carbocycles. The van der Waals surface area contributed by atoms with E-state index >= 15 is 0 Å². The second-order valence-corrected chi connectivity index (χ2v) is 6.47. The zero-order valence-corrected chi connectivity index (χ0v) is 13.0. The summed E-state index contributed by atoms with van der Waals surface area (Å²) >= 11 is 1.86. The maximum absolute atomic E-state index is 6.04. The molecule has 4 rings (SSSR count). The molecule has 1 atom stereocenters. The van der Waals surface area contributed by atoms with Crippen LogP contribution in [-0.4, -0.2) is 16.2 Å². The Kier molecular flexibility index (Phi) is 2.79. The smallest absolute Gasteiger partial charge is 0.242 e. The Morgan fingerprint density at radius 1 is 1.38 bits per heavy atom. The van der Waals surface area contributed by atoms with Gasteiger partial charge in [-0.25, -0.2) is 4.98 Å². The lowest BCUT2D eigenvalue weighted by molar-refractivity contribution is 0.315. The fourth-order valence-corrected chi connectivity index (χ4v) is 4.10. The van der Waals surface area contributed by atoms with Gasteiger partial charge in [0.1, 0.15) is 12.0 Å². The summed E-state index contributed by atoms with van der Waals surface area (Å²) in [5.41, 5.74) is 3.51. The SMILES string of the molecule is CCOc1cccc2c1Oc1ncn3c1C2SC(C)=C3C. The summed E-state index contributed by atoms with van der Waals surface area (Å²) in [5, 5.41) is 0.218. The molecule has 2 aliphatic heterocycles. The molecule has 0 saturated carbocycles. The van der Waals surface area contributed by atoms with Crippen molar-refractivity contribution >= 4 is 17.5 Å². The van der Waals surface area contributed by atoms with Crippen LogP contribution in [-0.2, 0) is 0 Å². The van der Waals surface area contributed by atoms with Crippen molar-refractivity contribution in [1.29, 1.82) is 0 Å². The Morgan fingerprint density at radius 2 is 2.24 bits per heavy atom. The monoisotopic (exact) mass is 300 g/mol. The summed E-state index contributed by atoms with van der Waals surface area (Å²) in [5.74, 6) is 2.29. The summed E-state index contributed by atoms with van der Waals surface area (Å²) in [6.07, 6.45) is 1.85. The zero-order valence-electron chi connectivity index (χ0n) is 12.2. The van der Waals surface area contributed by atoms with Gasteiger partial charge in [-0.3, -0.25) is 0 Å². The van der Waals surface area contributed by atoms with E-state index in [1.165, 1.54) is 10.6 Å². The summed E-state index contributed by atoms with van der Waals surface area (Å²) in [6.45, 7) is 6.88. The predicted molar refractivity (Wildman–Crippen MR) is 83.9 cm³/mol. The molecular weight excluding hydrogens is 284 g/mol. The van der Waals surface area contributed by atoms with E-state index in [0.717, 1.165) is 22.8 Å². The highest BCUT2D eigenvalue weighted by molar-refractivity contribution is 8.03. The standard InChI is InChI=1S/C16H16N2O2S/c1-4-19-12-7-5-6-11-14(12)20-16-13-15(11)21-10(3)9(2)18(13)8-17-16/h5-8,15H,4H2,1-3H3. The lowest BCUT2D eigenvalue weighted by atomic mass is 10.0. The van der Waals surface area contributed by atoms with Crippen molar-refractivity contribution in [2.45, 2.75) is 26.0 Å². The van der Waals surface area contributed by atoms with E-state index in [2.05, 4.69) is 29.5 Å². The first-order valence-electron chi connectivity index (χ1n) is 7.06. The molecule has 3 heterocycles. The fraction of sp³-hybridized carbons (Fsp3) is 0.312. The van der Waals surface area contributed by atoms with Gasteiger partial charge in [-0.1, -0.05) is 12.1 Å². The number of thioether (sulfide) groups is 1. The predicted octanol–water partition coefficient (Wildman–Crippen LogP) is 4.43. The topological polar surface area (TPSA) is 36.3 Å². The molecule has 4 nitrogen and oxygen atoms in total. The average molecular weight is 300 g/mol. The van der Waals surface area contributed by atoms with Gasteiger partial charge in [0.05, 0.1) is 11.9 Å². The molecule has 0 bridgehead atoms. The normalized spacial score (nSPS) is 18.9. The molecular formula is C16H16N2O2S. The minimum absolute atomic E-state index is 0.218. The van der Waals surface area contributed by atoms with E-state index in [4.69, 9.17) is 9.47 Å². The van der Waals surface area contributed by atoms with Crippen molar-refractivity contribution in [1.82, 2.24) is 9.55 Å². The Hall–Kier alpha value is -1.88. The molecule has 2 aliphatic rings. The number of benzene rings is 1. The second-order valence-electron chi connectivity index (χ2n) is 5.15. The third kappa shape index (κ3) is 1.73. The van der Waals surface area contributed by atoms with Crippen LogP contribution in [0.25, 0.3) is 5.70 Å². The van der Waals surface area contributed by atoms with E-state index in [-0.39, 0.29) is 5.25 Å². The van der Waals surface area contributed by atoms with Crippen LogP contribution in [0.1, 0.15) is 37.3 Å². The van der Waals surface area contributed by atoms with E-state index in [9.17, 15) is 0 Å². The maximum atomic E-state index is 6.04. The van der Waals surface area contributed by atoms with Crippen LogP contribution in [0.2, 0.25) is 0 Å². The number of allylic oxidation sites excluding steroid dienone is 2. The molecule has 1 aromatic carbocycles. The lowest BCUT2D eigenvalue weighted by Crippen LogP contribution is -2.16. The molecule has 0 N–H and O–H groups in total. The molecule has 2 aromatic rings. The highest BCUT2D eigenvalue weighted by Gasteiger charge is 2.37. The number of fused-ring (bicyclic) bond motifs is 2. The molecule has 0 fully saturated rings. The van der Waals surface area contributed by atoms with Crippen molar-refractivity contribution in [2.24, 2.45) is 0 Å². The quantitative estimate of drug-likeness (QED) is 0.822. The highest BCUT2D eigenvalue weighted by Crippen LogP contribution is 2.56. The molecule has 0 radical (unpaired) electrons. The number of aromatic nitrogens is 2. The summed E-state index contributed by atoms with van der Waals surface area (Å²) < 4.78 is 13.9. The van der Waals surface area contributed by atoms with Crippen molar-refractivity contribution in [3.05, 3.63) is 40.7 Å². The van der Waals surface area contributed by atoms with Crippen molar-refractivity contribution < 1.29 is 9.47 Å². The van der Waals surface area contributed by atoms with Crippen LogP contribution in [0.15, 0.2) is 29.4 Å². The third-order valence-corrected chi connectivity index (χ3v) is 5.34. The van der Waals surface area contributed by atoms with Crippen LogP contribution in [0.5, 0.6) is 17.4 Å². The van der Waals surface area contributed by atoms with Gasteiger partial charge in [0, 0.05) is 16.2 Å². The Morgan fingerprint density at radius 3 is 3.05 bits per heavy atom. The number of ether oxygens (including phenoxy) is 2. The van der Waals surface area contributed by atoms with Crippen molar-refractivity contribution in [3.8, 4) is 17.4 Å². The van der Waals surface area contributed by atoms with Gasteiger partial charge in [-0.2, -0.15) is 0 Å². The number of nitrogens with zero attached hydrogens (tertiary/aromatic N) is 2. The molecule has 0 spiro atoms. The van der Waals surface area contributed by atoms with Crippen LogP contribution in [0.3, 0.4) is 0 Å². The Balaban J connectivity index is 1.92. The van der Waals surface area contributed by atoms with Crippen molar-refractivity contribution in [3.63, 3.8) is 0 Å². The van der Waals surface area contributed by atoms with Crippen molar-refractivity contribution in [2.75, 3.05) is 6.61 Å². The largest absolute Gasteiger partial charge is 0.490 e. The molecule has 1 unspecified atom stereocenters. The second kappa shape index (κ2) is 4.56. The van der Waals surface area contributed by atoms with E-state index < -0.39 is 0 Å². The number of imidazole rings is 1. The van der Waals surface area contributed by atoms with Gasteiger partial charge < -0.3 is 14.0 Å². The zero-order chi connectivity index (χ0) is 14.6. The van der Waals surface area contributed by atoms with Gasteiger partial charge in [0.2, 0.25) is 5.88 Å². The molecule has 5 heteroatoms. The average Bonchev–Trinajstić information content (AvgIpc) is 2.90. The molecule has 0 saturated heterocycles. The molecule has 1 aromatic heterocycles. The van der Waals surface area contributed by atoms with Crippen LogP contribution in [0.4, 0.5) is 0 Å². The molecule has 108 valence electrons. The van der Waals surface area contributed by atoms with E-state index in [0.29, 0.717) is 12.5 Å². The number of rotatable bonds is 2. The van der Waals surface area contributed by atoms with Gasteiger partial charge >= 0.3 is 0 Å². The first-order chi connectivity index (χ1) is 10.2. The number of hydrogen-bond acceptors (Lipinski definition) is 4. The first-order valence-corrected chi connectivity index (χ1v) is 7.94. The highest BCUT2D eigenvalue weighted by atomic mass is 32.2. The first kappa shape index (κ1) is 12.8. The molecule has 21 heavy (non-hydrogen) atoms. The maximum Gasteiger partial charge on any atom is 0.242 e. The fourth-order valence-electron chi connectivity index (χ4n) is 2.84.